The third-order valence-electron chi connectivity index (χ3n) is 2.53. The van der Waals surface area contributed by atoms with Crippen LogP contribution < -0.4 is 15.8 Å². The van der Waals surface area contributed by atoms with Crippen LogP contribution in [0.3, 0.4) is 0 Å². The van der Waals surface area contributed by atoms with Gasteiger partial charge in [0, 0.05) is 6.07 Å². The number of rotatable bonds is 6. The van der Waals surface area contributed by atoms with Crippen LogP contribution in [0.2, 0.25) is 0 Å². The van der Waals surface area contributed by atoms with Crippen molar-refractivity contribution in [2.75, 3.05) is 24.2 Å². The molecule has 0 unspecified atom stereocenters. The number of benzene rings is 1. The molecule has 10 heteroatoms. The Morgan fingerprint density at radius 2 is 2.18 bits per heavy atom. The molecule has 0 aliphatic rings. The molecule has 0 spiro atoms. The van der Waals surface area contributed by atoms with Crippen LogP contribution >= 0.6 is 0 Å². The fraction of sp³-hybridized carbons (Fsp3) is 0.167. The molecule has 0 fully saturated rings. The number of nitrogens with two attached hydrogens (primary N) is 1. The van der Waals surface area contributed by atoms with Crippen molar-refractivity contribution in [3.8, 4) is 5.75 Å². The Labute approximate surface area is 123 Å². The molecule has 2 rings (SSSR count). The van der Waals surface area contributed by atoms with Crippen molar-refractivity contribution in [3.05, 3.63) is 46.1 Å². The second kappa shape index (κ2) is 6.61. The molecule has 1 aromatic heterocycles. The largest absolute Gasteiger partial charge is 0.489 e. The Morgan fingerprint density at radius 3 is 2.82 bits per heavy atom. The first-order chi connectivity index (χ1) is 10.5. The van der Waals surface area contributed by atoms with E-state index < -0.39 is 22.2 Å². The SMILES string of the molecule is Nc1nc(NCCOc2ccc(F)cc2F)ncc1[N+](=O)[O-]. The summed E-state index contributed by atoms with van der Waals surface area (Å²) < 4.78 is 31.1. The van der Waals surface area contributed by atoms with Gasteiger partial charge in [-0.15, -0.1) is 0 Å². The molecule has 22 heavy (non-hydrogen) atoms. The van der Waals surface area contributed by atoms with E-state index in [1.807, 2.05) is 0 Å². The molecule has 0 saturated heterocycles. The van der Waals surface area contributed by atoms with Gasteiger partial charge in [0.05, 0.1) is 11.5 Å². The number of nitrogen functional groups attached to an aromatic ring is 1. The summed E-state index contributed by atoms with van der Waals surface area (Å²) in [5, 5.41) is 13.3. The average molecular weight is 311 g/mol. The molecule has 0 amide bonds. The summed E-state index contributed by atoms with van der Waals surface area (Å²) in [4.78, 5) is 17.3. The van der Waals surface area contributed by atoms with Crippen molar-refractivity contribution < 1.29 is 18.4 Å². The molecule has 0 radical (unpaired) electrons. The molecule has 0 atom stereocenters. The van der Waals surface area contributed by atoms with Crippen LogP contribution in [0.15, 0.2) is 24.4 Å². The van der Waals surface area contributed by atoms with Gasteiger partial charge in [0.1, 0.15) is 18.6 Å². The molecule has 1 heterocycles. The minimum absolute atomic E-state index is 0.0444. The Bertz CT molecular complexity index is 698. The fourth-order valence-electron chi connectivity index (χ4n) is 1.53. The van der Waals surface area contributed by atoms with Crippen molar-refractivity contribution in [2.45, 2.75) is 0 Å². The summed E-state index contributed by atoms with van der Waals surface area (Å²) in [5.41, 5.74) is 5.01. The van der Waals surface area contributed by atoms with E-state index in [1.165, 1.54) is 6.07 Å². The lowest BCUT2D eigenvalue weighted by Crippen LogP contribution is -2.14. The molecule has 3 N–H and O–H groups in total. The summed E-state index contributed by atoms with van der Waals surface area (Å²) in [6.45, 7) is 0.233. The zero-order valence-electron chi connectivity index (χ0n) is 11.1. The highest BCUT2D eigenvalue weighted by Gasteiger charge is 2.13. The third-order valence-corrected chi connectivity index (χ3v) is 2.53. The summed E-state index contributed by atoms with van der Waals surface area (Å²) >= 11 is 0. The lowest BCUT2D eigenvalue weighted by atomic mass is 10.3. The van der Waals surface area contributed by atoms with E-state index in [9.17, 15) is 18.9 Å². The lowest BCUT2D eigenvalue weighted by Gasteiger charge is -2.08. The quantitative estimate of drug-likeness (QED) is 0.474. The molecule has 0 bridgehead atoms. The molecule has 0 aliphatic carbocycles. The third kappa shape index (κ3) is 3.75. The van der Waals surface area contributed by atoms with Gasteiger partial charge in [-0.3, -0.25) is 10.1 Å². The van der Waals surface area contributed by atoms with Crippen molar-refractivity contribution >= 4 is 17.5 Å². The average Bonchev–Trinajstić information content (AvgIpc) is 2.45. The van der Waals surface area contributed by atoms with Gasteiger partial charge in [0.25, 0.3) is 0 Å². The van der Waals surface area contributed by atoms with E-state index in [2.05, 4.69) is 15.3 Å². The summed E-state index contributed by atoms with van der Waals surface area (Å²) in [7, 11) is 0. The monoisotopic (exact) mass is 311 g/mol. The predicted octanol–water partition coefficient (Wildman–Crippen LogP) is 1.74. The van der Waals surface area contributed by atoms with Crippen LogP contribution in [0.5, 0.6) is 5.75 Å². The lowest BCUT2D eigenvalue weighted by molar-refractivity contribution is -0.384. The van der Waals surface area contributed by atoms with Gasteiger partial charge in [-0.2, -0.15) is 4.98 Å². The van der Waals surface area contributed by atoms with Gasteiger partial charge in [-0.1, -0.05) is 0 Å². The van der Waals surface area contributed by atoms with Gasteiger partial charge in [-0.25, -0.2) is 13.8 Å². The molecule has 116 valence electrons. The van der Waals surface area contributed by atoms with E-state index in [0.717, 1.165) is 12.3 Å². The van der Waals surface area contributed by atoms with E-state index in [1.54, 1.807) is 0 Å². The Hall–Kier alpha value is -3.04. The van der Waals surface area contributed by atoms with Gasteiger partial charge in [0.2, 0.25) is 11.8 Å². The van der Waals surface area contributed by atoms with Crippen LogP contribution in [0.1, 0.15) is 0 Å². The molecule has 1 aromatic carbocycles. The molecular weight excluding hydrogens is 300 g/mol. The van der Waals surface area contributed by atoms with Crippen molar-refractivity contribution in [1.29, 1.82) is 0 Å². The van der Waals surface area contributed by atoms with Crippen LogP contribution in [0.4, 0.5) is 26.2 Å². The van der Waals surface area contributed by atoms with E-state index in [-0.39, 0.29) is 30.7 Å². The van der Waals surface area contributed by atoms with E-state index in [0.29, 0.717) is 6.07 Å². The number of anilines is 2. The van der Waals surface area contributed by atoms with Crippen molar-refractivity contribution in [2.24, 2.45) is 0 Å². The first-order valence-electron chi connectivity index (χ1n) is 6.06. The normalized spacial score (nSPS) is 10.3. The number of aromatic nitrogens is 2. The number of hydrogen-bond acceptors (Lipinski definition) is 7. The van der Waals surface area contributed by atoms with Gasteiger partial charge < -0.3 is 15.8 Å². The van der Waals surface area contributed by atoms with E-state index in [4.69, 9.17) is 10.5 Å². The summed E-state index contributed by atoms with van der Waals surface area (Å²) in [5.74, 6) is -1.79. The van der Waals surface area contributed by atoms with Crippen LogP contribution in [-0.2, 0) is 0 Å². The zero-order chi connectivity index (χ0) is 16.1. The molecule has 0 aliphatic heterocycles. The Morgan fingerprint density at radius 1 is 1.41 bits per heavy atom. The number of hydrogen-bond donors (Lipinski definition) is 2. The van der Waals surface area contributed by atoms with Crippen LogP contribution in [-0.4, -0.2) is 28.0 Å². The smallest absolute Gasteiger partial charge is 0.329 e. The molecular formula is C12H11F2N5O3. The zero-order valence-corrected chi connectivity index (χ0v) is 11.1. The van der Waals surface area contributed by atoms with Gasteiger partial charge in [-0.05, 0) is 12.1 Å². The molecule has 2 aromatic rings. The van der Waals surface area contributed by atoms with E-state index >= 15 is 0 Å². The molecule has 8 nitrogen and oxygen atoms in total. The minimum Gasteiger partial charge on any atom is -0.489 e. The first kappa shape index (κ1) is 15.4. The number of halogens is 2. The van der Waals surface area contributed by atoms with Crippen LogP contribution in [0, 0.1) is 21.7 Å². The number of nitrogens with one attached hydrogen (secondary N) is 1. The van der Waals surface area contributed by atoms with Crippen molar-refractivity contribution in [3.63, 3.8) is 0 Å². The standard InChI is InChI=1S/C12H11F2N5O3/c13-7-1-2-10(8(14)5-7)22-4-3-16-12-17-6-9(19(20)21)11(15)18-12/h1-2,5-6H,3-4H2,(H3,15,16,17,18). The minimum atomic E-state index is -0.809. The highest BCUT2D eigenvalue weighted by Crippen LogP contribution is 2.19. The predicted molar refractivity (Wildman–Crippen MR) is 73.4 cm³/mol. The van der Waals surface area contributed by atoms with Crippen molar-refractivity contribution in [1.82, 2.24) is 9.97 Å². The number of nitrogens with zero attached hydrogens (tertiary/aromatic N) is 3. The van der Waals surface area contributed by atoms with Gasteiger partial charge in [0.15, 0.2) is 11.6 Å². The number of ether oxygens (including phenoxy) is 1. The van der Waals surface area contributed by atoms with Crippen LogP contribution in [0.25, 0.3) is 0 Å². The maximum Gasteiger partial charge on any atom is 0.329 e. The second-order valence-corrected chi connectivity index (χ2v) is 4.07. The van der Waals surface area contributed by atoms with Gasteiger partial charge >= 0.3 is 5.69 Å². The Kier molecular flexibility index (Phi) is 4.61. The summed E-state index contributed by atoms with van der Waals surface area (Å²) in [6, 6.07) is 2.96. The Balaban J connectivity index is 1.86. The first-order valence-corrected chi connectivity index (χ1v) is 6.06. The fourth-order valence-corrected chi connectivity index (χ4v) is 1.53. The highest BCUT2D eigenvalue weighted by molar-refractivity contribution is 5.53. The summed E-state index contributed by atoms with van der Waals surface area (Å²) in [6.07, 6.45) is 0.977. The maximum atomic E-state index is 13.3. The molecule has 0 saturated carbocycles. The highest BCUT2D eigenvalue weighted by atomic mass is 19.1. The topological polar surface area (TPSA) is 116 Å². The number of nitro groups is 1. The second-order valence-electron chi connectivity index (χ2n) is 4.07. The maximum absolute atomic E-state index is 13.3.